The fourth-order valence-electron chi connectivity index (χ4n) is 1.90. The lowest BCUT2D eigenvalue weighted by Gasteiger charge is -2.32. The summed E-state index contributed by atoms with van der Waals surface area (Å²) in [6.45, 7) is 5.35. The van der Waals surface area contributed by atoms with E-state index >= 15 is 0 Å². The van der Waals surface area contributed by atoms with Crippen LogP contribution in [0.25, 0.3) is 0 Å². The minimum atomic E-state index is -4.83. The van der Waals surface area contributed by atoms with E-state index in [1.165, 1.54) is 0 Å². The number of alkyl halides is 3. The summed E-state index contributed by atoms with van der Waals surface area (Å²) < 4.78 is 49.6. The van der Waals surface area contributed by atoms with E-state index in [4.69, 9.17) is 9.47 Å². The van der Waals surface area contributed by atoms with Crippen molar-refractivity contribution in [3.63, 3.8) is 0 Å². The van der Waals surface area contributed by atoms with Crippen molar-refractivity contribution in [1.82, 2.24) is 0 Å². The summed E-state index contributed by atoms with van der Waals surface area (Å²) in [5.74, 6) is -2.40. The summed E-state index contributed by atoms with van der Waals surface area (Å²) in [5, 5.41) is 0. The van der Waals surface area contributed by atoms with Crippen LogP contribution in [-0.2, 0) is 23.8 Å². The van der Waals surface area contributed by atoms with E-state index in [2.05, 4.69) is 4.74 Å². The lowest BCUT2D eigenvalue weighted by Crippen LogP contribution is -2.47. The van der Waals surface area contributed by atoms with Gasteiger partial charge in [-0.05, 0) is 26.2 Å². The highest BCUT2D eigenvalue weighted by molar-refractivity contribution is 6.00. The third kappa shape index (κ3) is 5.53. The average Bonchev–Trinajstić information content (AvgIpc) is 2.33. The van der Waals surface area contributed by atoms with E-state index < -0.39 is 42.7 Å². The maximum atomic E-state index is 12.1. The van der Waals surface area contributed by atoms with Gasteiger partial charge in [0.15, 0.2) is 5.41 Å². The van der Waals surface area contributed by atoms with E-state index in [1.807, 2.05) is 0 Å². The Morgan fingerprint density at radius 3 is 1.71 bits per heavy atom. The third-order valence-corrected chi connectivity index (χ3v) is 3.03. The van der Waals surface area contributed by atoms with Gasteiger partial charge in [-0.25, -0.2) is 0 Å². The van der Waals surface area contributed by atoms with Crippen molar-refractivity contribution in [1.29, 1.82) is 0 Å². The first-order valence-electron chi connectivity index (χ1n) is 6.66. The van der Waals surface area contributed by atoms with Crippen LogP contribution >= 0.6 is 0 Å². The number of carbonyl (C=O) groups excluding carboxylic acids is 2. The van der Waals surface area contributed by atoms with Crippen molar-refractivity contribution in [2.45, 2.75) is 40.5 Å². The molecule has 0 spiro atoms. The molecule has 0 saturated heterocycles. The number of carbonyl (C=O) groups is 2. The number of hydrogen-bond donors (Lipinski definition) is 0. The zero-order valence-electron chi connectivity index (χ0n) is 12.6. The van der Waals surface area contributed by atoms with E-state index in [-0.39, 0.29) is 13.2 Å². The van der Waals surface area contributed by atoms with E-state index in [1.54, 1.807) is 27.7 Å². The summed E-state index contributed by atoms with van der Waals surface area (Å²) in [7, 11) is 0. The van der Waals surface area contributed by atoms with Crippen molar-refractivity contribution >= 4 is 11.9 Å². The molecule has 8 heteroatoms. The van der Waals surface area contributed by atoms with Crippen LogP contribution in [0.5, 0.6) is 0 Å². The molecule has 0 amide bonds. The Hall–Kier alpha value is -1.31. The molecule has 0 unspecified atom stereocenters. The van der Waals surface area contributed by atoms with Crippen LogP contribution in [0.1, 0.15) is 34.1 Å². The van der Waals surface area contributed by atoms with Crippen LogP contribution in [0.4, 0.5) is 13.2 Å². The zero-order chi connectivity index (χ0) is 16.7. The standard InChI is InChI=1S/C13H21F3O5/c1-5-19-10(17)12(9(3)4,11(18)20-6-2)7-8-21-13(14,15)16/h9H,5-8H2,1-4H3. The quantitative estimate of drug-likeness (QED) is 0.509. The fourth-order valence-corrected chi connectivity index (χ4v) is 1.90. The number of hydrogen-bond acceptors (Lipinski definition) is 5. The predicted octanol–water partition coefficient (Wildman–Crippen LogP) is 2.68. The van der Waals surface area contributed by atoms with Crippen molar-refractivity contribution < 1.29 is 37.0 Å². The summed E-state index contributed by atoms with van der Waals surface area (Å²) in [6, 6.07) is 0. The Kier molecular flexibility index (Phi) is 7.70. The normalized spacial score (nSPS) is 12.4. The maximum Gasteiger partial charge on any atom is 0.522 e. The molecular formula is C13H21F3O5. The van der Waals surface area contributed by atoms with Gasteiger partial charge in [-0.1, -0.05) is 13.8 Å². The highest BCUT2D eigenvalue weighted by Crippen LogP contribution is 2.36. The fraction of sp³-hybridized carbons (Fsp3) is 0.846. The molecule has 0 heterocycles. The number of rotatable bonds is 8. The Balaban J connectivity index is 5.28. The van der Waals surface area contributed by atoms with Gasteiger partial charge in [-0.2, -0.15) is 0 Å². The van der Waals surface area contributed by atoms with Crippen molar-refractivity contribution in [3.05, 3.63) is 0 Å². The summed E-state index contributed by atoms with van der Waals surface area (Å²) in [6.07, 6.45) is -5.30. The Morgan fingerprint density at radius 2 is 1.43 bits per heavy atom. The van der Waals surface area contributed by atoms with E-state index in [9.17, 15) is 22.8 Å². The second-order valence-electron chi connectivity index (χ2n) is 4.61. The molecule has 0 radical (unpaired) electrons. The van der Waals surface area contributed by atoms with Gasteiger partial charge in [0.25, 0.3) is 0 Å². The number of halogens is 3. The van der Waals surface area contributed by atoms with Crippen molar-refractivity contribution in [2.75, 3.05) is 19.8 Å². The van der Waals surface area contributed by atoms with Crippen LogP contribution < -0.4 is 0 Å². The van der Waals surface area contributed by atoms with Crippen LogP contribution in [0.2, 0.25) is 0 Å². The molecule has 0 bridgehead atoms. The van der Waals surface area contributed by atoms with Gasteiger partial charge in [0.2, 0.25) is 0 Å². The van der Waals surface area contributed by atoms with Crippen LogP contribution in [0, 0.1) is 11.3 Å². The molecule has 0 aromatic rings. The number of ether oxygens (including phenoxy) is 3. The van der Waals surface area contributed by atoms with Gasteiger partial charge < -0.3 is 9.47 Å². The average molecular weight is 314 g/mol. The van der Waals surface area contributed by atoms with E-state index in [0.29, 0.717) is 0 Å². The van der Waals surface area contributed by atoms with Gasteiger partial charge in [0.05, 0.1) is 19.8 Å². The molecule has 124 valence electrons. The molecule has 0 atom stereocenters. The minimum Gasteiger partial charge on any atom is -0.465 e. The lowest BCUT2D eigenvalue weighted by atomic mass is 9.74. The Morgan fingerprint density at radius 1 is 1.00 bits per heavy atom. The molecule has 0 fully saturated rings. The first kappa shape index (κ1) is 19.7. The van der Waals surface area contributed by atoms with Crippen molar-refractivity contribution in [3.8, 4) is 0 Å². The molecule has 0 aromatic heterocycles. The SMILES string of the molecule is CCOC(=O)C(CCOC(F)(F)F)(C(=O)OCC)C(C)C. The Bertz CT molecular complexity index is 334. The third-order valence-electron chi connectivity index (χ3n) is 3.03. The molecule has 0 aliphatic heterocycles. The highest BCUT2D eigenvalue weighted by Gasteiger charge is 2.51. The largest absolute Gasteiger partial charge is 0.522 e. The first-order valence-corrected chi connectivity index (χ1v) is 6.66. The van der Waals surface area contributed by atoms with Gasteiger partial charge in [0, 0.05) is 0 Å². The molecule has 0 aromatic carbocycles. The molecule has 21 heavy (non-hydrogen) atoms. The molecule has 0 N–H and O–H groups in total. The van der Waals surface area contributed by atoms with Gasteiger partial charge in [-0.15, -0.1) is 13.2 Å². The second kappa shape index (κ2) is 8.21. The molecular weight excluding hydrogens is 293 g/mol. The minimum absolute atomic E-state index is 0.00678. The summed E-state index contributed by atoms with van der Waals surface area (Å²) in [4.78, 5) is 24.2. The van der Waals surface area contributed by atoms with Crippen molar-refractivity contribution in [2.24, 2.45) is 11.3 Å². The van der Waals surface area contributed by atoms with Gasteiger partial charge >= 0.3 is 18.3 Å². The number of esters is 2. The molecule has 5 nitrogen and oxygen atoms in total. The predicted molar refractivity (Wildman–Crippen MR) is 67.2 cm³/mol. The molecule has 0 aliphatic carbocycles. The topological polar surface area (TPSA) is 61.8 Å². The summed E-state index contributed by atoms with van der Waals surface area (Å²) in [5.41, 5.74) is -1.81. The maximum absolute atomic E-state index is 12.1. The van der Waals surface area contributed by atoms with Crippen LogP contribution in [-0.4, -0.2) is 38.1 Å². The monoisotopic (exact) mass is 314 g/mol. The molecule has 0 aliphatic rings. The molecule has 0 saturated carbocycles. The van der Waals surface area contributed by atoms with E-state index in [0.717, 1.165) is 0 Å². The summed E-state index contributed by atoms with van der Waals surface area (Å²) >= 11 is 0. The van der Waals surface area contributed by atoms with Crippen LogP contribution in [0.3, 0.4) is 0 Å². The van der Waals surface area contributed by atoms with Crippen LogP contribution in [0.15, 0.2) is 0 Å². The zero-order valence-corrected chi connectivity index (χ0v) is 12.6. The second-order valence-corrected chi connectivity index (χ2v) is 4.61. The molecule has 0 rings (SSSR count). The first-order chi connectivity index (χ1) is 9.61. The smallest absolute Gasteiger partial charge is 0.465 e. The Labute approximate surface area is 121 Å². The highest BCUT2D eigenvalue weighted by atomic mass is 19.4. The van der Waals surface area contributed by atoms with Gasteiger partial charge in [0.1, 0.15) is 0 Å². The van der Waals surface area contributed by atoms with Gasteiger partial charge in [-0.3, -0.25) is 14.3 Å². The lowest BCUT2D eigenvalue weighted by molar-refractivity contribution is -0.326.